The van der Waals surface area contributed by atoms with Crippen LogP contribution in [0.1, 0.15) is 22.3 Å². The monoisotopic (exact) mass is 345 g/mol. The van der Waals surface area contributed by atoms with Gasteiger partial charge in [0.15, 0.2) is 5.75 Å². The van der Waals surface area contributed by atoms with Crippen molar-refractivity contribution in [2.24, 2.45) is 0 Å². The second-order valence-electron chi connectivity index (χ2n) is 5.20. The van der Waals surface area contributed by atoms with Crippen molar-refractivity contribution < 1.29 is 24.6 Å². The summed E-state index contributed by atoms with van der Waals surface area (Å²) in [5.74, 6) is 0.660. The smallest absolute Gasteiger partial charge is 0.311 e. The van der Waals surface area contributed by atoms with Crippen LogP contribution in [0.2, 0.25) is 0 Å². The summed E-state index contributed by atoms with van der Waals surface area (Å²) in [6.45, 7) is -0.477. The summed E-state index contributed by atoms with van der Waals surface area (Å²) in [5, 5.41) is 29.9. The molecule has 7 nitrogen and oxygen atoms in total. The van der Waals surface area contributed by atoms with Crippen LogP contribution in [0.4, 0.5) is 5.69 Å². The molecule has 0 heterocycles. The molecule has 0 bridgehead atoms. The van der Waals surface area contributed by atoms with Gasteiger partial charge in [0, 0.05) is 11.6 Å². The van der Waals surface area contributed by atoms with E-state index < -0.39 is 4.92 Å². The highest BCUT2D eigenvalue weighted by molar-refractivity contribution is 5.73. The molecule has 0 atom stereocenters. The third-order valence-corrected chi connectivity index (χ3v) is 3.74. The lowest BCUT2D eigenvalue weighted by Crippen LogP contribution is -1.99. The van der Waals surface area contributed by atoms with E-state index in [0.29, 0.717) is 22.4 Å². The molecule has 7 heteroatoms. The van der Waals surface area contributed by atoms with Crippen molar-refractivity contribution in [1.82, 2.24) is 0 Å². The molecular formula is C18H19NO6. The van der Waals surface area contributed by atoms with Gasteiger partial charge in [0.25, 0.3) is 0 Å². The zero-order chi connectivity index (χ0) is 18.4. The largest absolute Gasteiger partial charge is 0.496 e. The van der Waals surface area contributed by atoms with E-state index in [1.54, 1.807) is 30.4 Å². The van der Waals surface area contributed by atoms with E-state index in [-0.39, 0.29) is 24.7 Å². The fourth-order valence-corrected chi connectivity index (χ4v) is 2.47. The summed E-state index contributed by atoms with van der Waals surface area (Å²) in [5.41, 5.74) is 2.33. The Bertz CT molecular complexity index is 775. The maximum absolute atomic E-state index is 11.1. The second-order valence-corrected chi connectivity index (χ2v) is 5.20. The molecule has 0 fully saturated rings. The highest BCUT2D eigenvalue weighted by Gasteiger charge is 2.14. The van der Waals surface area contributed by atoms with E-state index in [1.807, 2.05) is 0 Å². The number of benzene rings is 2. The maximum Gasteiger partial charge on any atom is 0.311 e. The van der Waals surface area contributed by atoms with Gasteiger partial charge in [0.1, 0.15) is 5.75 Å². The van der Waals surface area contributed by atoms with Crippen LogP contribution in [0.15, 0.2) is 30.3 Å². The molecule has 0 aliphatic carbocycles. The number of aliphatic hydroxyl groups is 2. The first-order valence-corrected chi connectivity index (χ1v) is 7.46. The Morgan fingerprint density at radius 1 is 1.00 bits per heavy atom. The highest BCUT2D eigenvalue weighted by Crippen LogP contribution is 2.29. The molecule has 0 saturated heterocycles. The molecule has 0 spiro atoms. The Hall–Kier alpha value is -2.90. The summed E-state index contributed by atoms with van der Waals surface area (Å²) >= 11 is 0. The molecule has 0 aliphatic heterocycles. The van der Waals surface area contributed by atoms with E-state index in [9.17, 15) is 20.3 Å². The van der Waals surface area contributed by atoms with Crippen LogP contribution in [-0.2, 0) is 13.2 Å². The van der Waals surface area contributed by atoms with Gasteiger partial charge in [-0.15, -0.1) is 0 Å². The molecule has 2 aromatic carbocycles. The average Bonchev–Trinajstić information content (AvgIpc) is 2.64. The molecule has 2 N–H and O–H groups in total. The molecule has 132 valence electrons. The SMILES string of the molecule is COc1ccc(/C=C\c2cc(CO)c(CO)c(OC)c2)cc1[N+](=O)[O-]. The lowest BCUT2D eigenvalue weighted by molar-refractivity contribution is -0.385. The average molecular weight is 345 g/mol. The van der Waals surface area contributed by atoms with Crippen LogP contribution in [0.25, 0.3) is 12.2 Å². The van der Waals surface area contributed by atoms with Crippen molar-refractivity contribution in [2.45, 2.75) is 13.2 Å². The topological polar surface area (TPSA) is 102 Å². The van der Waals surface area contributed by atoms with Crippen LogP contribution in [0.5, 0.6) is 11.5 Å². The normalized spacial score (nSPS) is 10.9. The first-order chi connectivity index (χ1) is 12.0. The minimum Gasteiger partial charge on any atom is -0.496 e. The van der Waals surface area contributed by atoms with E-state index in [0.717, 1.165) is 5.56 Å². The van der Waals surface area contributed by atoms with Gasteiger partial charge in [0.2, 0.25) is 0 Å². The van der Waals surface area contributed by atoms with Gasteiger partial charge in [-0.25, -0.2) is 0 Å². The Kier molecular flexibility index (Phi) is 6.10. The standard InChI is InChI=1S/C18H19NO6/c1-24-17-6-5-12(8-16(17)19(22)23)3-4-13-7-14(10-20)15(11-21)18(9-13)25-2/h3-9,20-21H,10-11H2,1-2H3/b4-3-. The number of methoxy groups -OCH3 is 2. The lowest BCUT2D eigenvalue weighted by atomic mass is 10.0. The Morgan fingerprint density at radius 2 is 1.68 bits per heavy atom. The quantitative estimate of drug-likeness (QED) is 0.454. The fourth-order valence-electron chi connectivity index (χ4n) is 2.47. The van der Waals surface area contributed by atoms with Gasteiger partial charge in [-0.3, -0.25) is 10.1 Å². The van der Waals surface area contributed by atoms with E-state index >= 15 is 0 Å². The number of hydrogen-bond acceptors (Lipinski definition) is 6. The third kappa shape index (κ3) is 4.14. The number of hydrogen-bond donors (Lipinski definition) is 2. The van der Waals surface area contributed by atoms with Crippen molar-refractivity contribution in [1.29, 1.82) is 0 Å². The number of nitro groups is 1. The molecule has 25 heavy (non-hydrogen) atoms. The van der Waals surface area contributed by atoms with Crippen LogP contribution >= 0.6 is 0 Å². The van der Waals surface area contributed by atoms with Gasteiger partial charge in [-0.05, 0) is 34.9 Å². The molecule has 0 unspecified atom stereocenters. The van der Waals surface area contributed by atoms with Crippen molar-refractivity contribution in [2.75, 3.05) is 14.2 Å². The van der Waals surface area contributed by atoms with Crippen molar-refractivity contribution in [3.63, 3.8) is 0 Å². The molecule has 0 saturated carbocycles. The van der Waals surface area contributed by atoms with Crippen LogP contribution in [0, 0.1) is 10.1 Å². The molecule has 2 rings (SSSR count). The van der Waals surface area contributed by atoms with E-state index in [2.05, 4.69) is 0 Å². The number of aliphatic hydroxyl groups excluding tert-OH is 2. The minimum absolute atomic E-state index is 0.117. The van der Waals surface area contributed by atoms with Gasteiger partial charge < -0.3 is 19.7 Å². The molecular weight excluding hydrogens is 326 g/mol. The Balaban J connectivity index is 2.39. The number of nitrogens with zero attached hydrogens (tertiary/aromatic N) is 1. The predicted octanol–water partition coefficient (Wildman–Crippen LogP) is 2.77. The fraction of sp³-hybridized carbons (Fsp3) is 0.222. The van der Waals surface area contributed by atoms with E-state index in [4.69, 9.17) is 9.47 Å². The summed E-state index contributed by atoms with van der Waals surface area (Å²) < 4.78 is 10.2. The molecule has 0 radical (unpaired) electrons. The summed E-state index contributed by atoms with van der Waals surface area (Å²) in [6.07, 6.45) is 3.45. The van der Waals surface area contributed by atoms with Crippen molar-refractivity contribution >= 4 is 17.8 Å². The zero-order valence-electron chi connectivity index (χ0n) is 13.9. The first-order valence-electron chi connectivity index (χ1n) is 7.46. The lowest BCUT2D eigenvalue weighted by Gasteiger charge is -2.12. The molecule has 0 aliphatic rings. The summed E-state index contributed by atoms with van der Waals surface area (Å²) in [4.78, 5) is 10.6. The molecule has 0 aromatic heterocycles. The second kappa shape index (κ2) is 8.27. The van der Waals surface area contributed by atoms with Gasteiger partial charge in [-0.2, -0.15) is 0 Å². The first kappa shape index (κ1) is 18.4. The van der Waals surface area contributed by atoms with Gasteiger partial charge in [-0.1, -0.05) is 18.2 Å². The summed E-state index contributed by atoms with van der Waals surface area (Å²) in [7, 11) is 2.86. The Morgan fingerprint density at radius 3 is 2.24 bits per heavy atom. The number of rotatable bonds is 7. The summed E-state index contributed by atoms with van der Waals surface area (Å²) in [6, 6.07) is 8.10. The highest BCUT2D eigenvalue weighted by atomic mass is 16.6. The van der Waals surface area contributed by atoms with Gasteiger partial charge >= 0.3 is 5.69 Å². The van der Waals surface area contributed by atoms with Crippen molar-refractivity contribution in [3.05, 3.63) is 62.7 Å². The number of ether oxygens (including phenoxy) is 2. The van der Waals surface area contributed by atoms with Crippen molar-refractivity contribution in [3.8, 4) is 11.5 Å². The molecule has 2 aromatic rings. The Labute approximate surface area is 144 Å². The van der Waals surface area contributed by atoms with Crippen LogP contribution in [-0.4, -0.2) is 29.4 Å². The van der Waals surface area contributed by atoms with Crippen LogP contribution < -0.4 is 9.47 Å². The number of nitro benzene ring substituents is 1. The zero-order valence-corrected chi connectivity index (χ0v) is 13.9. The molecule has 0 amide bonds. The van der Waals surface area contributed by atoms with Crippen LogP contribution in [0.3, 0.4) is 0 Å². The van der Waals surface area contributed by atoms with E-state index in [1.165, 1.54) is 26.4 Å². The predicted molar refractivity (Wildman–Crippen MR) is 93.4 cm³/mol. The maximum atomic E-state index is 11.1. The van der Waals surface area contributed by atoms with Gasteiger partial charge in [0.05, 0.1) is 32.4 Å². The third-order valence-electron chi connectivity index (χ3n) is 3.74. The minimum atomic E-state index is -0.501.